The normalized spacial score (nSPS) is 14.8. The van der Waals surface area contributed by atoms with E-state index in [0.717, 1.165) is 18.4 Å². The van der Waals surface area contributed by atoms with Crippen molar-refractivity contribution in [2.24, 2.45) is 5.92 Å². The van der Waals surface area contributed by atoms with Crippen molar-refractivity contribution in [2.45, 2.75) is 41.4 Å². The molecule has 0 spiro atoms. The monoisotopic (exact) mass is 573 g/mol. The highest BCUT2D eigenvalue weighted by Gasteiger charge is 2.25. The lowest BCUT2D eigenvalue weighted by Crippen LogP contribution is -2.38. The summed E-state index contributed by atoms with van der Waals surface area (Å²) in [5.74, 6) is 0.392. The number of likely N-dealkylation sites (tertiary alicyclic amines) is 1. The summed E-state index contributed by atoms with van der Waals surface area (Å²) in [4.78, 5) is 15.7. The van der Waals surface area contributed by atoms with Crippen LogP contribution in [-0.2, 0) is 20.0 Å². The molecule has 11 heteroatoms. The van der Waals surface area contributed by atoms with Crippen LogP contribution in [0, 0.1) is 12.8 Å². The van der Waals surface area contributed by atoms with Crippen LogP contribution < -0.4 is 9.44 Å². The van der Waals surface area contributed by atoms with Gasteiger partial charge in [-0.15, -0.1) is 11.8 Å². The van der Waals surface area contributed by atoms with Gasteiger partial charge >= 0.3 is 0 Å². The van der Waals surface area contributed by atoms with E-state index in [1.807, 2.05) is 13.2 Å². The molecule has 4 rings (SSSR count). The van der Waals surface area contributed by atoms with Crippen molar-refractivity contribution in [1.29, 1.82) is 0 Å². The molecule has 202 valence electrons. The van der Waals surface area contributed by atoms with Crippen LogP contribution in [0.5, 0.6) is 0 Å². The van der Waals surface area contributed by atoms with Crippen LogP contribution in [0.4, 0.5) is 11.4 Å². The van der Waals surface area contributed by atoms with Gasteiger partial charge in [0.1, 0.15) is 0 Å². The molecule has 8 nitrogen and oxygen atoms in total. The number of benzene rings is 3. The fourth-order valence-electron chi connectivity index (χ4n) is 4.16. The lowest BCUT2D eigenvalue weighted by molar-refractivity contribution is 0.0693. The summed E-state index contributed by atoms with van der Waals surface area (Å²) in [6.07, 6.45) is 3.69. The molecule has 0 aromatic heterocycles. The molecule has 2 N–H and O–H groups in total. The number of aryl methyl sites for hydroxylation is 1. The number of thioether (sulfide) groups is 1. The number of nitrogens with zero attached hydrogens (tertiary/aromatic N) is 1. The molecule has 1 heterocycles. The Bertz CT molecular complexity index is 1510. The van der Waals surface area contributed by atoms with E-state index in [4.69, 9.17) is 0 Å². The van der Waals surface area contributed by atoms with Crippen molar-refractivity contribution < 1.29 is 21.6 Å². The van der Waals surface area contributed by atoms with Gasteiger partial charge in [-0.05, 0) is 86.5 Å². The van der Waals surface area contributed by atoms with Crippen LogP contribution in [0.15, 0.2) is 81.4 Å². The van der Waals surface area contributed by atoms with Gasteiger partial charge in [-0.2, -0.15) is 0 Å². The first-order valence-corrected chi connectivity index (χ1v) is 16.4. The van der Waals surface area contributed by atoms with Crippen LogP contribution in [0.2, 0.25) is 0 Å². The predicted octanol–water partition coefficient (Wildman–Crippen LogP) is 5.19. The molecule has 38 heavy (non-hydrogen) atoms. The summed E-state index contributed by atoms with van der Waals surface area (Å²) in [7, 11) is -7.88. The fraction of sp³-hybridized carbons (Fsp3) is 0.296. The number of piperidine rings is 1. The highest BCUT2D eigenvalue weighted by Crippen LogP contribution is 2.28. The SMILES string of the molecule is CSc1ccc(S(=O)(=O)Nc2ccc(S(=O)(=O)Nc3ccc(C)cc3)cc2)cc1C(=O)N1CCC(C)CC1. The van der Waals surface area contributed by atoms with E-state index in [1.54, 1.807) is 35.2 Å². The van der Waals surface area contributed by atoms with Crippen molar-refractivity contribution in [1.82, 2.24) is 4.90 Å². The van der Waals surface area contributed by atoms with Gasteiger partial charge in [-0.3, -0.25) is 14.2 Å². The lowest BCUT2D eigenvalue weighted by Gasteiger charge is -2.30. The minimum absolute atomic E-state index is 0.00548. The smallest absolute Gasteiger partial charge is 0.261 e. The third kappa shape index (κ3) is 6.51. The van der Waals surface area contributed by atoms with Crippen molar-refractivity contribution in [2.75, 3.05) is 28.8 Å². The van der Waals surface area contributed by atoms with Crippen LogP contribution in [0.25, 0.3) is 0 Å². The summed E-state index contributed by atoms with van der Waals surface area (Å²) in [5, 5.41) is 0. The second-order valence-corrected chi connectivity index (χ2v) is 13.7. The Morgan fingerprint density at radius 2 is 1.32 bits per heavy atom. The van der Waals surface area contributed by atoms with E-state index >= 15 is 0 Å². The summed E-state index contributed by atoms with van der Waals surface area (Å²) in [5.41, 5.74) is 1.99. The number of amides is 1. The van der Waals surface area contributed by atoms with Gasteiger partial charge in [0.05, 0.1) is 15.4 Å². The second kappa shape index (κ2) is 11.4. The molecule has 1 aliphatic heterocycles. The summed E-state index contributed by atoms with van der Waals surface area (Å²) >= 11 is 1.39. The number of rotatable bonds is 8. The first-order valence-electron chi connectivity index (χ1n) is 12.2. The molecule has 0 aliphatic carbocycles. The van der Waals surface area contributed by atoms with Gasteiger partial charge in [0, 0.05) is 29.4 Å². The van der Waals surface area contributed by atoms with E-state index in [9.17, 15) is 21.6 Å². The average molecular weight is 574 g/mol. The van der Waals surface area contributed by atoms with E-state index in [0.29, 0.717) is 35.2 Å². The highest BCUT2D eigenvalue weighted by molar-refractivity contribution is 7.98. The maximum atomic E-state index is 13.2. The Hall–Kier alpha value is -3.02. The van der Waals surface area contributed by atoms with E-state index in [2.05, 4.69) is 16.4 Å². The van der Waals surface area contributed by atoms with Gasteiger partial charge in [0.2, 0.25) is 0 Å². The molecular formula is C27H31N3O5S3. The van der Waals surface area contributed by atoms with Crippen LogP contribution in [-0.4, -0.2) is 47.0 Å². The Kier molecular flexibility index (Phi) is 8.39. The Morgan fingerprint density at radius 3 is 1.87 bits per heavy atom. The number of anilines is 2. The highest BCUT2D eigenvalue weighted by atomic mass is 32.2. The minimum atomic E-state index is -4.03. The summed E-state index contributed by atoms with van der Waals surface area (Å²) in [6.45, 7) is 5.37. The molecule has 1 saturated heterocycles. The number of sulfonamides is 2. The first kappa shape index (κ1) is 28.0. The molecule has 0 bridgehead atoms. The van der Waals surface area contributed by atoms with Crippen LogP contribution >= 0.6 is 11.8 Å². The Balaban J connectivity index is 1.52. The minimum Gasteiger partial charge on any atom is -0.339 e. The zero-order chi connectivity index (χ0) is 27.5. The zero-order valence-electron chi connectivity index (χ0n) is 21.5. The molecule has 3 aromatic carbocycles. The van der Waals surface area contributed by atoms with Gasteiger partial charge in [-0.25, -0.2) is 16.8 Å². The number of hydrogen-bond acceptors (Lipinski definition) is 6. The standard InChI is InChI=1S/C27H31N3O5S3/c1-19-4-6-21(7-5-19)28-37(32,33)23-10-8-22(9-11-23)29-38(34,35)24-12-13-26(36-3)25(18-24)27(31)30-16-14-20(2)15-17-30/h4-13,18,20,28-29H,14-17H2,1-3H3. The van der Waals surface area contributed by atoms with E-state index in [-0.39, 0.29) is 21.4 Å². The number of carbonyl (C=O) groups excluding carboxylic acids is 1. The number of hydrogen-bond donors (Lipinski definition) is 2. The molecule has 0 atom stereocenters. The van der Waals surface area contributed by atoms with Crippen molar-refractivity contribution in [3.63, 3.8) is 0 Å². The summed E-state index contributed by atoms with van der Waals surface area (Å²) < 4.78 is 56.8. The van der Waals surface area contributed by atoms with Crippen molar-refractivity contribution in [3.05, 3.63) is 77.9 Å². The van der Waals surface area contributed by atoms with Gasteiger partial charge in [0.15, 0.2) is 0 Å². The Morgan fingerprint density at radius 1 is 0.816 bits per heavy atom. The molecule has 0 unspecified atom stereocenters. The summed E-state index contributed by atoms with van der Waals surface area (Å²) in [6, 6.07) is 16.9. The molecule has 1 amide bonds. The molecule has 3 aromatic rings. The third-order valence-corrected chi connectivity index (χ3v) is 10.1. The number of nitrogens with one attached hydrogen (secondary N) is 2. The third-order valence-electron chi connectivity index (χ3n) is 6.50. The predicted molar refractivity (Wildman–Crippen MR) is 152 cm³/mol. The van der Waals surface area contributed by atoms with Gasteiger partial charge < -0.3 is 4.90 Å². The van der Waals surface area contributed by atoms with E-state index < -0.39 is 20.0 Å². The van der Waals surface area contributed by atoms with Gasteiger partial charge in [0.25, 0.3) is 26.0 Å². The van der Waals surface area contributed by atoms with Crippen molar-refractivity contribution in [3.8, 4) is 0 Å². The van der Waals surface area contributed by atoms with Crippen LogP contribution in [0.3, 0.4) is 0 Å². The maximum absolute atomic E-state index is 13.2. The average Bonchev–Trinajstić information content (AvgIpc) is 2.89. The molecule has 1 fully saturated rings. The Labute approximate surface area is 228 Å². The molecular weight excluding hydrogens is 543 g/mol. The maximum Gasteiger partial charge on any atom is 0.261 e. The molecule has 1 aliphatic rings. The zero-order valence-corrected chi connectivity index (χ0v) is 23.9. The largest absolute Gasteiger partial charge is 0.339 e. The van der Waals surface area contributed by atoms with Gasteiger partial charge in [-0.1, -0.05) is 24.6 Å². The molecule has 0 radical (unpaired) electrons. The van der Waals surface area contributed by atoms with E-state index in [1.165, 1.54) is 48.2 Å². The first-order chi connectivity index (χ1) is 18.0. The fourth-order valence-corrected chi connectivity index (χ4v) is 6.87. The van der Waals surface area contributed by atoms with Crippen molar-refractivity contribution >= 4 is 49.1 Å². The number of carbonyl (C=O) groups is 1. The van der Waals surface area contributed by atoms with Crippen LogP contribution in [0.1, 0.15) is 35.7 Å². The quantitative estimate of drug-likeness (QED) is 0.359. The molecule has 0 saturated carbocycles. The topological polar surface area (TPSA) is 113 Å². The second-order valence-electron chi connectivity index (χ2n) is 9.44. The lowest BCUT2D eigenvalue weighted by atomic mass is 9.98.